The van der Waals surface area contributed by atoms with E-state index in [2.05, 4.69) is 38.2 Å². The van der Waals surface area contributed by atoms with Gasteiger partial charge in [0.1, 0.15) is 5.75 Å². The molecule has 0 aliphatic carbocycles. The van der Waals surface area contributed by atoms with Gasteiger partial charge in [-0.3, -0.25) is 4.79 Å². The molecule has 2 aliphatic rings. The van der Waals surface area contributed by atoms with Crippen molar-refractivity contribution in [1.29, 1.82) is 0 Å². The number of amides is 1. The second kappa shape index (κ2) is 8.62. The second-order valence-corrected chi connectivity index (χ2v) is 7.91. The smallest absolute Gasteiger partial charge is 0.230 e. The number of nitrogens with zero attached hydrogens (tertiary/aromatic N) is 1. The summed E-state index contributed by atoms with van der Waals surface area (Å²) < 4.78 is 5.90. The van der Waals surface area contributed by atoms with Crippen LogP contribution in [-0.2, 0) is 4.79 Å². The Bertz CT molecular complexity index is 636. The number of rotatable bonds is 7. The van der Waals surface area contributed by atoms with E-state index in [4.69, 9.17) is 4.74 Å². The zero-order valence-corrected chi connectivity index (χ0v) is 17.3. The number of nitrogens with one attached hydrogen (secondary N) is 1. The van der Waals surface area contributed by atoms with Gasteiger partial charge in [-0.2, -0.15) is 0 Å². The summed E-state index contributed by atoms with van der Waals surface area (Å²) in [4.78, 5) is 15.0. The Morgan fingerprint density at radius 3 is 2.69 bits per heavy atom. The van der Waals surface area contributed by atoms with Crippen LogP contribution in [0, 0.1) is 19.3 Å². The van der Waals surface area contributed by atoms with Crippen molar-refractivity contribution in [3.8, 4) is 5.75 Å². The van der Waals surface area contributed by atoms with Gasteiger partial charge in [0.05, 0.1) is 12.0 Å². The van der Waals surface area contributed by atoms with Crippen LogP contribution in [0.2, 0.25) is 0 Å². The molecule has 4 nitrogen and oxygen atoms in total. The van der Waals surface area contributed by atoms with E-state index in [1.807, 2.05) is 18.0 Å². The van der Waals surface area contributed by atoms with Gasteiger partial charge in [-0.25, -0.2) is 0 Å². The molecule has 2 saturated heterocycles. The normalized spacial score (nSPS) is 26.5. The third-order valence-corrected chi connectivity index (χ3v) is 6.15. The summed E-state index contributed by atoms with van der Waals surface area (Å²) in [6.45, 7) is 7.72. The van der Waals surface area contributed by atoms with Crippen molar-refractivity contribution in [1.82, 2.24) is 10.2 Å². The van der Waals surface area contributed by atoms with Crippen molar-refractivity contribution < 1.29 is 9.53 Å². The van der Waals surface area contributed by atoms with Gasteiger partial charge in [-0.1, -0.05) is 24.6 Å². The van der Waals surface area contributed by atoms with Gasteiger partial charge in [0.15, 0.2) is 0 Å². The minimum Gasteiger partial charge on any atom is -0.493 e. The maximum Gasteiger partial charge on any atom is 0.230 e. The Balaban J connectivity index is 0.00000243. The molecule has 0 saturated carbocycles. The third kappa shape index (κ3) is 4.01. The summed E-state index contributed by atoms with van der Waals surface area (Å²) in [5, 5.41) is 3.63. The Hall–Kier alpha value is -1.26. The first-order valence-corrected chi connectivity index (χ1v) is 9.68. The molecule has 0 radical (unpaired) electrons. The van der Waals surface area contributed by atoms with Crippen LogP contribution in [0.3, 0.4) is 0 Å². The van der Waals surface area contributed by atoms with Gasteiger partial charge < -0.3 is 15.0 Å². The van der Waals surface area contributed by atoms with Crippen molar-refractivity contribution >= 4 is 18.3 Å². The number of aryl methyl sites for hydroxylation is 2. The quantitative estimate of drug-likeness (QED) is 0.730. The van der Waals surface area contributed by atoms with Crippen LogP contribution in [0.4, 0.5) is 0 Å². The molecule has 2 bridgehead atoms. The Morgan fingerprint density at radius 1 is 1.35 bits per heavy atom. The van der Waals surface area contributed by atoms with Crippen LogP contribution < -0.4 is 10.1 Å². The molecule has 1 aromatic carbocycles. The van der Waals surface area contributed by atoms with E-state index in [1.165, 1.54) is 17.5 Å². The average molecular weight is 381 g/mol. The van der Waals surface area contributed by atoms with E-state index < -0.39 is 0 Å². The highest BCUT2D eigenvalue weighted by Gasteiger charge is 2.54. The Kier molecular flexibility index (Phi) is 6.98. The molecular formula is C21H33ClN2O2. The highest BCUT2D eigenvalue weighted by molar-refractivity contribution is 5.85. The molecule has 2 heterocycles. The number of hydrogen-bond donors (Lipinski definition) is 1. The molecule has 5 heteroatoms. The summed E-state index contributed by atoms with van der Waals surface area (Å²) in [7, 11) is 1.95. The van der Waals surface area contributed by atoms with Crippen molar-refractivity contribution in [3.63, 3.8) is 0 Å². The lowest BCUT2D eigenvalue weighted by atomic mass is 9.71. The van der Waals surface area contributed by atoms with Gasteiger partial charge in [-0.05, 0) is 57.6 Å². The minimum absolute atomic E-state index is 0. The standard InChI is InChI=1S/C21H32N2O2.ClH/c1-5-21(14-17-8-10-19(21)22-17)20(24)23(4)11-6-12-25-18-9-7-15(2)13-16(18)3;/h7,9,13,17,19,22H,5-6,8,10-12,14H2,1-4H3;1H/t17-,19+,21+;/m0./s1. The number of carbonyl (C=O) groups is 1. The number of hydrogen-bond acceptors (Lipinski definition) is 3. The van der Waals surface area contributed by atoms with Gasteiger partial charge in [0.2, 0.25) is 5.91 Å². The molecule has 0 spiro atoms. The van der Waals surface area contributed by atoms with E-state index >= 15 is 0 Å². The summed E-state index contributed by atoms with van der Waals surface area (Å²) in [6, 6.07) is 7.18. The van der Waals surface area contributed by atoms with Crippen molar-refractivity contribution in [2.24, 2.45) is 5.41 Å². The lowest BCUT2D eigenvalue weighted by molar-refractivity contribution is -0.142. The number of ether oxygens (including phenoxy) is 1. The van der Waals surface area contributed by atoms with Gasteiger partial charge in [0, 0.05) is 25.7 Å². The first-order valence-electron chi connectivity index (χ1n) is 9.68. The number of benzene rings is 1. The van der Waals surface area contributed by atoms with E-state index in [0.717, 1.165) is 38.0 Å². The fraction of sp³-hybridized carbons (Fsp3) is 0.667. The average Bonchev–Trinajstić information content (AvgIpc) is 3.20. The maximum absolute atomic E-state index is 13.1. The topological polar surface area (TPSA) is 41.6 Å². The highest BCUT2D eigenvalue weighted by Crippen LogP contribution is 2.46. The zero-order valence-electron chi connectivity index (χ0n) is 16.5. The molecule has 2 aliphatic heterocycles. The van der Waals surface area contributed by atoms with Crippen LogP contribution >= 0.6 is 12.4 Å². The molecule has 1 N–H and O–H groups in total. The van der Waals surface area contributed by atoms with E-state index in [0.29, 0.717) is 24.6 Å². The first kappa shape index (κ1) is 21.0. The van der Waals surface area contributed by atoms with Crippen LogP contribution in [0.5, 0.6) is 5.75 Å². The Labute approximate surface area is 164 Å². The van der Waals surface area contributed by atoms with Gasteiger partial charge >= 0.3 is 0 Å². The van der Waals surface area contributed by atoms with Crippen LogP contribution in [-0.4, -0.2) is 43.1 Å². The lowest BCUT2D eigenvalue weighted by Crippen LogP contribution is -2.49. The van der Waals surface area contributed by atoms with E-state index in [9.17, 15) is 4.79 Å². The van der Waals surface area contributed by atoms with Crippen LogP contribution in [0.1, 0.15) is 50.2 Å². The van der Waals surface area contributed by atoms with Crippen LogP contribution in [0.15, 0.2) is 18.2 Å². The van der Waals surface area contributed by atoms with E-state index in [1.54, 1.807) is 0 Å². The molecule has 1 amide bonds. The largest absolute Gasteiger partial charge is 0.493 e. The molecule has 1 aromatic rings. The molecular weight excluding hydrogens is 348 g/mol. The molecule has 26 heavy (non-hydrogen) atoms. The molecule has 0 unspecified atom stereocenters. The number of carbonyl (C=O) groups excluding carboxylic acids is 1. The van der Waals surface area contributed by atoms with E-state index in [-0.39, 0.29) is 17.8 Å². The molecule has 3 atom stereocenters. The number of halogens is 1. The molecule has 3 rings (SSSR count). The molecule has 2 fully saturated rings. The van der Waals surface area contributed by atoms with Crippen molar-refractivity contribution in [2.75, 3.05) is 20.2 Å². The first-order chi connectivity index (χ1) is 12.0. The van der Waals surface area contributed by atoms with Crippen LogP contribution in [0.25, 0.3) is 0 Å². The second-order valence-electron chi connectivity index (χ2n) is 7.91. The molecule has 0 aromatic heterocycles. The fourth-order valence-electron chi connectivity index (χ4n) is 4.70. The van der Waals surface area contributed by atoms with Gasteiger partial charge in [-0.15, -0.1) is 12.4 Å². The SMILES string of the molecule is CC[C@@]1(C(=O)N(C)CCCOc2ccc(C)cc2C)C[C@@H]2CC[C@H]1N2.Cl. The fourth-order valence-corrected chi connectivity index (χ4v) is 4.70. The zero-order chi connectivity index (χ0) is 18.0. The van der Waals surface area contributed by atoms with Crippen molar-refractivity contribution in [2.45, 2.75) is 65.0 Å². The molecule has 146 valence electrons. The number of fused-ring (bicyclic) bond motifs is 2. The monoisotopic (exact) mass is 380 g/mol. The predicted octanol–water partition coefficient (Wildman–Crippen LogP) is 3.87. The third-order valence-electron chi connectivity index (χ3n) is 6.15. The lowest BCUT2D eigenvalue weighted by Gasteiger charge is -2.37. The predicted molar refractivity (Wildman–Crippen MR) is 108 cm³/mol. The summed E-state index contributed by atoms with van der Waals surface area (Å²) in [6.07, 6.45) is 5.18. The summed E-state index contributed by atoms with van der Waals surface area (Å²) >= 11 is 0. The highest BCUT2D eigenvalue weighted by atomic mass is 35.5. The minimum atomic E-state index is -0.175. The summed E-state index contributed by atoms with van der Waals surface area (Å²) in [5.41, 5.74) is 2.24. The maximum atomic E-state index is 13.1. The summed E-state index contributed by atoms with van der Waals surface area (Å²) in [5.74, 6) is 1.27. The van der Waals surface area contributed by atoms with Crippen molar-refractivity contribution in [3.05, 3.63) is 29.3 Å². The van der Waals surface area contributed by atoms with Gasteiger partial charge in [0.25, 0.3) is 0 Å². The Morgan fingerprint density at radius 2 is 2.12 bits per heavy atom.